The molecule has 10 aromatic rings. The molecule has 0 aliphatic heterocycles. The lowest BCUT2D eigenvalue weighted by molar-refractivity contribution is 0.664. The molecule has 0 fully saturated rings. The molecule has 0 N–H and O–H groups in total. The fraction of sp³-hybridized carbons (Fsp3) is 0.0577. The standard InChI is InChI=1S/C52H35N3OS/c1-52(2)41-31-37(26-28-38(41)45-46(52)48(33-18-9-4-10-19-33)57-47(45)32-16-7-3-8-17-32)36-27-29-42-40(30-36)44-39(24-15-25-43(44)56-42)51-54-49(34-20-11-5-12-21-34)53-50(55-51)35-22-13-6-14-23-35/h3-31H,1-2H3. The van der Waals surface area contributed by atoms with E-state index in [1.807, 2.05) is 84.1 Å². The summed E-state index contributed by atoms with van der Waals surface area (Å²) in [6.45, 7) is 4.77. The molecule has 270 valence electrons. The van der Waals surface area contributed by atoms with E-state index in [4.69, 9.17) is 19.4 Å². The van der Waals surface area contributed by atoms with Crippen LogP contribution in [-0.2, 0) is 5.41 Å². The minimum Gasteiger partial charge on any atom is -0.456 e. The van der Waals surface area contributed by atoms with Crippen molar-refractivity contribution in [2.75, 3.05) is 0 Å². The van der Waals surface area contributed by atoms with Crippen molar-refractivity contribution in [3.05, 3.63) is 187 Å². The highest BCUT2D eigenvalue weighted by Crippen LogP contribution is 2.60. The maximum atomic E-state index is 6.51. The van der Waals surface area contributed by atoms with Gasteiger partial charge in [-0.15, -0.1) is 11.3 Å². The SMILES string of the molecule is CC1(C)c2cc(-c3ccc4oc5cccc(-c6nc(-c7ccccc7)nc(-c7ccccc7)n6)c5c4c3)ccc2-c2c(-c3ccccc3)sc(-c3ccccc3)c21. The first kappa shape index (κ1) is 33.4. The van der Waals surface area contributed by atoms with Gasteiger partial charge in [-0.1, -0.05) is 166 Å². The van der Waals surface area contributed by atoms with Gasteiger partial charge < -0.3 is 4.42 Å². The van der Waals surface area contributed by atoms with Crippen LogP contribution in [0, 0.1) is 0 Å². The molecule has 5 heteroatoms. The summed E-state index contributed by atoms with van der Waals surface area (Å²) in [6.07, 6.45) is 0. The normalized spacial score (nSPS) is 12.9. The molecule has 7 aromatic carbocycles. The molecular formula is C52H35N3OS. The molecule has 3 heterocycles. The zero-order valence-corrected chi connectivity index (χ0v) is 32.2. The van der Waals surface area contributed by atoms with Crippen LogP contribution in [-0.4, -0.2) is 15.0 Å². The van der Waals surface area contributed by atoms with Crippen molar-refractivity contribution in [1.82, 2.24) is 15.0 Å². The van der Waals surface area contributed by atoms with Crippen molar-refractivity contribution in [2.24, 2.45) is 0 Å². The average molecular weight is 750 g/mol. The van der Waals surface area contributed by atoms with E-state index in [-0.39, 0.29) is 5.41 Å². The minimum atomic E-state index is -0.208. The van der Waals surface area contributed by atoms with E-state index in [1.54, 1.807) is 0 Å². The fourth-order valence-corrected chi connectivity index (χ4v) is 10.1. The van der Waals surface area contributed by atoms with Crippen molar-refractivity contribution in [1.29, 1.82) is 0 Å². The molecular weight excluding hydrogens is 715 g/mol. The Morgan fingerprint density at radius 3 is 1.61 bits per heavy atom. The third kappa shape index (κ3) is 5.46. The Morgan fingerprint density at radius 2 is 0.982 bits per heavy atom. The van der Waals surface area contributed by atoms with Gasteiger partial charge in [-0.05, 0) is 63.2 Å². The number of nitrogens with zero attached hydrogens (tertiary/aromatic N) is 3. The Labute approximate surface area is 334 Å². The van der Waals surface area contributed by atoms with Gasteiger partial charge in [0, 0.05) is 48.2 Å². The van der Waals surface area contributed by atoms with E-state index in [9.17, 15) is 0 Å². The van der Waals surface area contributed by atoms with Crippen LogP contribution in [0.2, 0.25) is 0 Å². The predicted octanol–water partition coefficient (Wildman–Crippen LogP) is 14.1. The van der Waals surface area contributed by atoms with Crippen LogP contribution in [0.25, 0.3) is 99.2 Å². The molecule has 0 unspecified atom stereocenters. The summed E-state index contributed by atoms with van der Waals surface area (Å²) < 4.78 is 6.51. The van der Waals surface area contributed by atoms with Crippen LogP contribution >= 0.6 is 11.3 Å². The fourth-order valence-electron chi connectivity index (χ4n) is 8.59. The molecule has 4 nitrogen and oxygen atoms in total. The number of rotatable bonds is 6. The Bertz CT molecular complexity index is 3070. The minimum absolute atomic E-state index is 0.208. The van der Waals surface area contributed by atoms with Crippen molar-refractivity contribution < 1.29 is 4.42 Å². The summed E-state index contributed by atoms with van der Waals surface area (Å²) in [7, 11) is 0. The second-order valence-electron chi connectivity index (χ2n) is 15.2. The van der Waals surface area contributed by atoms with Gasteiger partial charge >= 0.3 is 0 Å². The topological polar surface area (TPSA) is 51.8 Å². The van der Waals surface area contributed by atoms with E-state index in [0.29, 0.717) is 17.5 Å². The first-order chi connectivity index (χ1) is 28.0. The quantitative estimate of drug-likeness (QED) is 0.170. The largest absolute Gasteiger partial charge is 0.456 e. The molecule has 0 spiro atoms. The zero-order chi connectivity index (χ0) is 38.1. The summed E-state index contributed by atoms with van der Waals surface area (Å²) in [6, 6.07) is 61.6. The van der Waals surface area contributed by atoms with Crippen molar-refractivity contribution in [3.63, 3.8) is 0 Å². The monoisotopic (exact) mass is 749 g/mol. The van der Waals surface area contributed by atoms with E-state index < -0.39 is 0 Å². The smallest absolute Gasteiger partial charge is 0.164 e. The lowest BCUT2D eigenvalue weighted by atomic mass is 9.80. The molecule has 11 rings (SSSR count). The van der Waals surface area contributed by atoms with Gasteiger partial charge in [-0.25, -0.2) is 15.0 Å². The molecule has 0 saturated heterocycles. The van der Waals surface area contributed by atoms with Gasteiger partial charge in [0.25, 0.3) is 0 Å². The number of thiophene rings is 1. The molecule has 0 radical (unpaired) electrons. The molecule has 57 heavy (non-hydrogen) atoms. The lowest BCUT2D eigenvalue weighted by Crippen LogP contribution is -2.15. The second-order valence-corrected chi connectivity index (χ2v) is 16.2. The molecule has 0 bridgehead atoms. The van der Waals surface area contributed by atoms with Crippen LogP contribution in [0.3, 0.4) is 0 Å². The van der Waals surface area contributed by atoms with E-state index in [1.165, 1.54) is 48.7 Å². The van der Waals surface area contributed by atoms with Gasteiger partial charge in [0.2, 0.25) is 0 Å². The second kappa shape index (κ2) is 13.1. The van der Waals surface area contributed by atoms with Crippen LogP contribution < -0.4 is 0 Å². The third-order valence-corrected chi connectivity index (χ3v) is 12.6. The van der Waals surface area contributed by atoms with Gasteiger partial charge in [0.15, 0.2) is 17.5 Å². The van der Waals surface area contributed by atoms with Crippen molar-refractivity contribution in [2.45, 2.75) is 19.3 Å². The summed E-state index contributed by atoms with van der Waals surface area (Å²) in [4.78, 5) is 17.8. The van der Waals surface area contributed by atoms with Gasteiger partial charge in [-0.2, -0.15) is 0 Å². The van der Waals surface area contributed by atoms with E-state index in [0.717, 1.165) is 44.2 Å². The summed E-state index contributed by atoms with van der Waals surface area (Å²) in [5.41, 5.74) is 14.4. The molecule has 1 aliphatic carbocycles. The Hall–Kier alpha value is -6.95. The highest BCUT2D eigenvalue weighted by Gasteiger charge is 2.41. The van der Waals surface area contributed by atoms with Crippen LogP contribution in [0.1, 0.15) is 25.0 Å². The molecule has 0 saturated carbocycles. The van der Waals surface area contributed by atoms with Gasteiger partial charge in [0.05, 0.1) is 0 Å². The predicted molar refractivity (Wildman–Crippen MR) is 235 cm³/mol. The van der Waals surface area contributed by atoms with Crippen LogP contribution in [0.5, 0.6) is 0 Å². The number of aromatic nitrogens is 3. The Morgan fingerprint density at radius 1 is 0.439 bits per heavy atom. The summed E-state index contributed by atoms with van der Waals surface area (Å²) >= 11 is 1.91. The van der Waals surface area contributed by atoms with Crippen molar-refractivity contribution >= 4 is 33.3 Å². The summed E-state index contributed by atoms with van der Waals surface area (Å²) in [5, 5.41) is 2.01. The first-order valence-corrected chi connectivity index (χ1v) is 20.1. The molecule has 3 aromatic heterocycles. The number of hydrogen-bond donors (Lipinski definition) is 0. The highest BCUT2D eigenvalue weighted by atomic mass is 32.1. The highest BCUT2D eigenvalue weighted by molar-refractivity contribution is 7.19. The lowest BCUT2D eigenvalue weighted by Gasteiger charge is -2.23. The Kier molecular flexibility index (Phi) is 7.66. The van der Waals surface area contributed by atoms with Crippen LogP contribution in [0.4, 0.5) is 0 Å². The van der Waals surface area contributed by atoms with E-state index >= 15 is 0 Å². The van der Waals surface area contributed by atoms with Crippen LogP contribution in [0.15, 0.2) is 180 Å². The van der Waals surface area contributed by atoms with Gasteiger partial charge in [0.1, 0.15) is 11.2 Å². The maximum absolute atomic E-state index is 6.51. The molecule has 1 aliphatic rings. The molecule has 0 atom stereocenters. The number of hydrogen-bond acceptors (Lipinski definition) is 5. The average Bonchev–Trinajstić information content (AvgIpc) is 3.93. The number of furan rings is 1. The summed E-state index contributed by atoms with van der Waals surface area (Å²) in [5.74, 6) is 1.87. The van der Waals surface area contributed by atoms with E-state index in [2.05, 4.69) is 117 Å². The van der Waals surface area contributed by atoms with Crippen molar-refractivity contribution in [3.8, 4) is 77.3 Å². The zero-order valence-electron chi connectivity index (χ0n) is 31.4. The maximum Gasteiger partial charge on any atom is 0.164 e. The Balaban J connectivity index is 1.07. The third-order valence-electron chi connectivity index (χ3n) is 11.3. The van der Waals surface area contributed by atoms with Gasteiger partial charge in [-0.3, -0.25) is 0 Å². The number of benzene rings is 7. The number of fused-ring (bicyclic) bond motifs is 6. The first-order valence-electron chi connectivity index (χ1n) is 19.3. The molecule has 0 amide bonds.